The summed E-state index contributed by atoms with van der Waals surface area (Å²) in [4.78, 5) is 6.63. The summed E-state index contributed by atoms with van der Waals surface area (Å²) in [5.41, 5.74) is 1.17. The van der Waals surface area contributed by atoms with Crippen LogP contribution in [0.4, 0.5) is 0 Å². The zero-order valence-corrected chi connectivity index (χ0v) is 18.0. The number of rotatable bonds is 9. The Morgan fingerprint density at radius 2 is 2.00 bits per heavy atom. The average Bonchev–Trinajstić information content (AvgIpc) is 2.57. The van der Waals surface area contributed by atoms with Crippen molar-refractivity contribution in [2.75, 3.05) is 34.3 Å². The molecule has 0 unspecified atom stereocenters. The van der Waals surface area contributed by atoms with Crippen LogP contribution in [0.1, 0.15) is 32.3 Å². The number of hydrogen-bond donors (Lipinski definition) is 2. The summed E-state index contributed by atoms with van der Waals surface area (Å²) in [6.45, 7) is 7.25. The maximum Gasteiger partial charge on any atom is 0.191 e. The smallest absolute Gasteiger partial charge is 0.191 e. The van der Waals surface area contributed by atoms with Crippen LogP contribution < -0.4 is 15.4 Å². The summed E-state index contributed by atoms with van der Waals surface area (Å²) < 4.78 is 5.24. The predicted octanol–water partition coefficient (Wildman–Crippen LogP) is 3.10. The van der Waals surface area contributed by atoms with Gasteiger partial charge in [0.25, 0.3) is 0 Å². The van der Waals surface area contributed by atoms with E-state index < -0.39 is 0 Å². The van der Waals surface area contributed by atoms with E-state index in [1.807, 2.05) is 18.2 Å². The molecule has 0 amide bonds. The quantitative estimate of drug-likeness (QED) is 0.264. The number of methoxy groups -OCH3 is 1. The summed E-state index contributed by atoms with van der Waals surface area (Å²) in [6.07, 6.45) is 2.32. The molecule has 0 aliphatic carbocycles. The van der Waals surface area contributed by atoms with Gasteiger partial charge in [-0.2, -0.15) is 0 Å². The minimum atomic E-state index is 0. The number of benzene rings is 1. The standard InChI is InChI=1S/C18H32N4O.HI/c1-15(2)22(4)12-7-6-11-20-18(19-3)21-14-16-9-8-10-17(13-16)23-5;/h8-10,13,15H,6-7,11-12,14H2,1-5H3,(H2,19,20,21);1H. The lowest BCUT2D eigenvalue weighted by molar-refractivity contribution is 0.268. The van der Waals surface area contributed by atoms with Crippen molar-refractivity contribution in [3.63, 3.8) is 0 Å². The van der Waals surface area contributed by atoms with Crippen molar-refractivity contribution in [1.82, 2.24) is 15.5 Å². The molecule has 0 saturated heterocycles. The number of guanidine groups is 1. The normalized spacial score (nSPS) is 11.4. The Labute approximate surface area is 164 Å². The molecule has 0 atom stereocenters. The van der Waals surface area contributed by atoms with Crippen molar-refractivity contribution in [2.45, 2.75) is 39.3 Å². The monoisotopic (exact) mass is 448 g/mol. The fourth-order valence-electron chi connectivity index (χ4n) is 2.14. The van der Waals surface area contributed by atoms with Gasteiger partial charge in [-0.15, -0.1) is 24.0 Å². The van der Waals surface area contributed by atoms with Crippen molar-refractivity contribution >= 4 is 29.9 Å². The summed E-state index contributed by atoms with van der Waals surface area (Å²) in [7, 11) is 5.66. The van der Waals surface area contributed by atoms with Gasteiger partial charge in [-0.25, -0.2) is 0 Å². The SMILES string of the molecule is CN=C(NCCCCN(C)C(C)C)NCc1cccc(OC)c1.I. The predicted molar refractivity (Wildman–Crippen MR) is 114 cm³/mol. The van der Waals surface area contributed by atoms with Crippen LogP contribution in [-0.4, -0.2) is 51.2 Å². The maximum atomic E-state index is 5.24. The molecular weight excluding hydrogens is 415 g/mol. The maximum absolute atomic E-state index is 5.24. The molecule has 2 N–H and O–H groups in total. The molecule has 0 heterocycles. The third-order valence-corrected chi connectivity index (χ3v) is 3.93. The van der Waals surface area contributed by atoms with Crippen molar-refractivity contribution in [3.05, 3.63) is 29.8 Å². The zero-order chi connectivity index (χ0) is 17.1. The van der Waals surface area contributed by atoms with Gasteiger partial charge in [0.2, 0.25) is 0 Å². The Balaban J connectivity index is 0.00000529. The molecule has 0 saturated carbocycles. The second kappa shape index (κ2) is 13.3. The van der Waals surface area contributed by atoms with Gasteiger partial charge in [-0.3, -0.25) is 4.99 Å². The first kappa shape index (κ1) is 23.0. The number of halogens is 1. The summed E-state index contributed by atoms with van der Waals surface area (Å²) in [6, 6.07) is 8.66. The van der Waals surface area contributed by atoms with Gasteiger partial charge in [0.15, 0.2) is 5.96 Å². The highest BCUT2D eigenvalue weighted by Crippen LogP contribution is 2.11. The summed E-state index contributed by atoms with van der Waals surface area (Å²) in [5, 5.41) is 6.69. The van der Waals surface area contributed by atoms with Crippen molar-refractivity contribution in [1.29, 1.82) is 0 Å². The Morgan fingerprint density at radius 3 is 2.62 bits per heavy atom. The van der Waals surface area contributed by atoms with Crippen LogP contribution in [0.3, 0.4) is 0 Å². The first-order chi connectivity index (χ1) is 11.1. The van der Waals surface area contributed by atoms with Gasteiger partial charge in [0.1, 0.15) is 5.75 Å². The van der Waals surface area contributed by atoms with Crippen LogP contribution in [-0.2, 0) is 6.54 Å². The molecule has 1 rings (SSSR count). The van der Waals surface area contributed by atoms with Gasteiger partial charge < -0.3 is 20.3 Å². The van der Waals surface area contributed by atoms with Crippen LogP contribution >= 0.6 is 24.0 Å². The first-order valence-electron chi connectivity index (χ1n) is 8.34. The number of nitrogens with one attached hydrogen (secondary N) is 2. The minimum Gasteiger partial charge on any atom is -0.497 e. The van der Waals surface area contributed by atoms with E-state index in [9.17, 15) is 0 Å². The molecule has 0 bridgehead atoms. The molecule has 0 aromatic heterocycles. The molecule has 138 valence electrons. The first-order valence-corrected chi connectivity index (χ1v) is 8.34. The molecule has 5 nitrogen and oxygen atoms in total. The Bertz CT molecular complexity index is 480. The zero-order valence-electron chi connectivity index (χ0n) is 15.6. The van der Waals surface area contributed by atoms with E-state index in [0.717, 1.165) is 37.8 Å². The molecule has 0 aliphatic heterocycles. The number of ether oxygens (including phenoxy) is 1. The molecule has 1 aromatic rings. The number of unbranched alkanes of at least 4 members (excludes halogenated alkanes) is 1. The van der Waals surface area contributed by atoms with Gasteiger partial charge in [-0.05, 0) is 58.0 Å². The minimum absolute atomic E-state index is 0. The fourth-order valence-corrected chi connectivity index (χ4v) is 2.14. The fraction of sp³-hybridized carbons (Fsp3) is 0.611. The number of hydrogen-bond acceptors (Lipinski definition) is 3. The third kappa shape index (κ3) is 9.32. The van der Waals surface area contributed by atoms with Crippen LogP contribution in [0.15, 0.2) is 29.3 Å². The van der Waals surface area contributed by atoms with E-state index >= 15 is 0 Å². The summed E-state index contributed by atoms with van der Waals surface area (Å²) >= 11 is 0. The molecule has 0 radical (unpaired) electrons. The highest BCUT2D eigenvalue weighted by Gasteiger charge is 2.03. The highest BCUT2D eigenvalue weighted by molar-refractivity contribution is 14.0. The van der Waals surface area contributed by atoms with E-state index in [0.29, 0.717) is 6.04 Å². The second-order valence-corrected chi connectivity index (χ2v) is 5.99. The molecule has 0 aliphatic rings. The number of aliphatic imine (C=N–C) groups is 1. The number of nitrogens with zero attached hydrogens (tertiary/aromatic N) is 2. The average molecular weight is 448 g/mol. The van der Waals surface area contributed by atoms with E-state index in [2.05, 4.69) is 47.5 Å². The van der Waals surface area contributed by atoms with Crippen molar-refractivity contribution in [3.8, 4) is 5.75 Å². The molecule has 24 heavy (non-hydrogen) atoms. The lowest BCUT2D eigenvalue weighted by atomic mass is 10.2. The Morgan fingerprint density at radius 1 is 1.25 bits per heavy atom. The van der Waals surface area contributed by atoms with Crippen LogP contribution in [0.2, 0.25) is 0 Å². The Hall–Kier alpha value is -1.02. The van der Waals surface area contributed by atoms with E-state index in [1.54, 1.807) is 14.2 Å². The second-order valence-electron chi connectivity index (χ2n) is 5.99. The van der Waals surface area contributed by atoms with E-state index in [-0.39, 0.29) is 24.0 Å². The van der Waals surface area contributed by atoms with Gasteiger partial charge in [0.05, 0.1) is 7.11 Å². The van der Waals surface area contributed by atoms with Gasteiger partial charge >= 0.3 is 0 Å². The van der Waals surface area contributed by atoms with Crippen LogP contribution in [0.25, 0.3) is 0 Å². The third-order valence-electron chi connectivity index (χ3n) is 3.93. The molecule has 0 fully saturated rings. The van der Waals surface area contributed by atoms with Crippen LogP contribution in [0, 0.1) is 0 Å². The van der Waals surface area contributed by atoms with Crippen molar-refractivity contribution in [2.24, 2.45) is 4.99 Å². The molecule has 0 spiro atoms. The lowest BCUT2D eigenvalue weighted by Gasteiger charge is -2.20. The van der Waals surface area contributed by atoms with Crippen LogP contribution in [0.5, 0.6) is 5.75 Å². The topological polar surface area (TPSA) is 48.9 Å². The molecule has 1 aromatic carbocycles. The van der Waals surface area contributed by atoms with E-state index in [4.69, 9.17) is 4.74 Å². The lowest BCUT2D eigenvalue weighted by Crippen LogP contribution is -2.37. The highest BCUT2D eigenvalue weighted by atomic mass is 127. The van der Waals surface area contributed by atoms with E-state index in [1.165, 1.54) is 12.0 Å². The largest absolute Gasteiger partial charge is 0.497 e. The Kier molecular flexibility index (Phi) is 12.7. The molecule has 6 heteroatoms. The summed E-state index contributed by atoms with van der Waals surface area (Å²) in [5.74, 6) is 1.71. The molecular formula is C18H33IN4O. The van der Waals surface area contributed by atoms with Crippen molar-refractivity contribution < 1.29 is 4.74 Å². The van der Waals surface area contributed by atoms with Gasteiger partial charge in [-0.1, -0.05) is 12.1 Å². The van der Waals surface area contributed by atoms with Gasteiger partial charge in [0, 0.05) is 26.2 Å².